The average molecular weight is 411 g/mol. The van der Waals surface area contributed by atoms with Gasteiger partial charge in [0.25, 0.3) is 0 Å². The molecule has 1 aromatic heterocycles. The molecule has 1 atom stereocenters. The molecule has 0 amide bonds. The summed E-state index contributed by atoms with van der Waals surface area (Å²) in [5, 5.41) is 1.12. The van der Waals surface area contributed by atoms with E-state index in [1.807, 2.05) is 30.3 Å². The Hall–Kier alpha value is -2.35. The van der Waals surface area contributed by atoms with Gasteiger partial charge in [0.2, 0.25) is 10.0 Å². The number of hydrogen-bond donors (Lipinski definition) is 2. The predicted molar refractivity (Wildman–Crippen MR) is 116 cm³/mol. The fraction of sp³-hybridized carbons (Fsp3) is 0.364. The molecule has 5 rings (SSSR count). The van der Waals surface area contributed by atoms with E-state index in [0.29, 0.717) is 30.4 Å². The lowest BCUT2D eigenvalue weighted by Crippen LogP contribution is -2.41. The summed E-state index contributed by atoms with van der Waals surface area (Å²) in [5.41, 5.74) is 9.88. The Bertz CT molecular complexity index is 1120. The van der Waals surface area contributed by atoms with E-state index >= 15 is 0 Å². The quantitative estimate of drug-likeness (QED) is 0.677. The number of H-pyrrole nitrogens is 1. The number of nitrogens with zero attached hydrogens (tertiary/aromatic N) is 2. The smallest absolute Gasteiger partial charge is 0.243 e. The first-order chi connectivity index (χ1) is 14.1. The Kier molecular flexibility index (Phi) is 4.61. The van der Waals surface area contributed by atoms with Gasteiger partial charge in [-0.15, -0.1) is 0 Å². The molecule has 2 aliphatic rings. The van der Waals surface area contributed by atoms with Crippen LogP contribution in [0.15, 0.2) is 53.4 Å². The van der Waals surface area contributed by atoms with Crippen molar-refractivity contribution in [3.63, 3.8) is 0 Å². The second-order valence-electron chi connectivity index (χ2n) is 8.04. The number of rotatable bonds is 5. The third-order valence-corrected chi connectivity index (χ3v) is 8.10. The maximum Gasteiger partial charge on any atom is 0.243 e. The highest BCUT2D eigenvalue weighted by molar-refractivity contribution is 7.89. The lowest BCUT2D eigenvalue weighted by Gasteiger charge is -2.30. The van der Waals surface area contributed by atoms with Gasteiger partial charge in [-0.05, 0) is 55.6 Å². The van der Waals surface area contributed by atoms with Crippen molar-refractivity contribution in [2.24, 2.45) is 11.7 Å². The SMILES string of the molecule is NCC1CCN(c2ccc(S(=O)(=O)N3CCC3)cc2-c2cc3ccccc3[nH]2)C1. The molecule has 6 nitrogen and oxygen atoms in total. The first-order valence-electron chi connectivity index (χ1n) is 10.2. The van der Waals surface area contributed by atoms with Crippen molar-refractivity contribution < 1.29 is 8.42 Å². The molecule has 2 fully saturated rings. The van der Waals surface area contributed by atoms with Gasteiger partial charge in [0, 0.05) is 54.0 Å². The summed E-state index contributed by atoms with van der Waals surface area (Å²) in [6.45, 7) is 3.74. The molecule has 29 heavy (non-hydrogen) atoms. The highest BCUT2D eigenvalue weighted by Crippen LogP contribution is 2.37. The Morgan fingerprint density at radius 1 is 1.07 bits per heavy atom. The van der Waals surface area contributed by atoms with Crippen molar-refractivity contribution in [2.75, 3.05) is 37.6 Å². The van der Waals surface area contributed by atoms with Crippen LogP contribution in [0.25, 0.3) is 22.2 Å². The first-order valence-corrected chi connectivity index (χ1v) is 11.7. The molecule has 2 saturated heterocycles. The molecule has 3 heterocycles. The van der Waals surface area contributed by atoms with E-state index in [0.717, 1.165) is 53.8 Å². The molecule has 3 aromatic rings. The minimum Gasteiger partial charge on any atom is -0.371 e. The van der Waals surface area contributed by atoms with Crippen LogP contribution in [0, 0.1) is 5.92 Å². The molecule has 1 unspecified atom stereocenters. The Morgan fingerprint density at radius 3 is 2.59 bits per heavy atom. The minimum atomic E-state index is -3.44. The van der Waals surface area contributed by atoms with Gasteiger partial charge < -0.3 is 15.6 Å². The average Bonchev–Trinajstić information content (AvgIpc) is 3.32. The van der Waals surface area contributed by atoms with Crippen LogP contribution in [-0.4, -0.2) is 50.4 Å². The van der Waals surface area contributed by atoms with E-state index in [2.05, 4.69) is 22.0 Å². The number of aromatic nitrogens is 1. The molecule has 0 bridgehead atoms. The highest BCUT2D eigenvalue weighted by atomic mass is 32.2. The Balaban J connectivity index is 1.63. The molecule has 0 saturated carbocycles. The van der Waals surface area contributed by atoms with Crippen LogP contribution in [0.2, 0.25) is 0 Å². The minimum absolute atomic E-state index is 0.365. The van der Waals surface area contributed by atoms with Crippen LogP contribution in [0.5, 0.6) is 0 Å². The summed E-state index contributed by atoms with van der Waals surface area (Å²) in [4.78, 5) is 6.17. The van der Waals surface area contributed by atoms with Crippen molar-refractivity contribution in [3.8, 4) is 11.3 Å². The second-order valence-corrected chi connectivity index (χ2v) is 9.98. The molecule has 0 radical (unpaired) electrons. The van der Waals surface area contributed by atoms with Crippen LogP contribution in [0.4, 0.5) is 5.69 Å². The van der Waals surface area contributed by atoms with Crippen LogP contribution in [0.3, 0.4) is 0 Å². The molecule has 0 aliphatic carbocycles. The van der Waals surface area contributed by atoms with E-state index in [-0.39, 0.29) is 0 Å². The summed E-state index contributed by atoms with van der Waals surface area (Å²) in [6.07, 6.45) is 2.00. The van der Waals surface area contributed by atoms with E-state index in [1.54, 1.807) is 10.4 Å². The standard InChI is InChI=1S/C22H26N4O2S/c23-14-16-8-11-25(15-16)22-7-6-18(29(27,28)26-9-3-10-26)13-19(22)21-12-17-4-1-2-5-20(17)24-21/h1-2,4-7,12-13,16,24H,3,8-11,14-15,23H2. The zero-order valence-corrected chi connectivity index (χ0v) is 17.2. The van der Waals surface area contributed by atoms with Gasteiger partial charge in [-0.2, -0.15) is 4.31 Å². The summed E-state index contributed by atoms with van der Waals surface area (Å²) in [5.74, 6) is 0.482. The van der Waals surface area contributed by atoms with Crippen molar-refractivity contribution in [3.05, 3.63) is 48.5 Å². The summed E-state index contributed by atoms with van der Waals surface area (Å²) < 4.78 is 27.5. The molecular weight excluding hydrogens is 384 g/mol. The van der Waals surface area contributed by atoms with Gasteiger partial charge in [-0.3, -0.25) is 0 Å². The summed E-state index contributed by atoms with van der Waals surface area (Å²) >= 11 is 0. The molecule has 152 valence electrons. The highest BCUT2D eigenvalue weighted by Gasteiger charge is 2.31. The van der Waals surface area contributed by atoms with Gasteiger partial charge in [0.05, 0.1) is 4.90 Å². The molecule has 2 aliphatic heterocycles. The molecule has 0 spiro atoms. The van der Waals surface area contributed by atoms with E-state index < -0.39 is 10.0 Å². The maximum atomic E-state index is 13.0. The van der Waals surface area contributed by atoms with Crippen molar-refractivity contribution in [2.45, 2.75) is 17.7 Å². The topological polar surface area (TPSA) is 82.4 Å². The van der Waals surface area contributed by atoms with Gasteiger partial charge in [0.15, 0.2) is 0 Å². The number of aromatic amines is 1. The van der Waals surface area contributed by atoms with Gasteiger partial charge >= 0.3 is 0 Å². The normalized spacial score (nSPS) is 20.3. The second kappa shape index (κ2) is 7.16. The van der Waals surface area contributed by atoms with E-state index in [9.17, 15) is 8.42 Å². The predicted octanol–water partition coefficient (Wildman–Crippen LogP) is 3.01. The molecule has 3 N–H and O–H groups in total. The zero-order chi connectivity index (χ0) is 20.0. The number of hydrogen-bond acceptors (Lipinski definition) is 4. The fourth-order valence-electron chi connectivity index (χ4n) is 4.31. The maximum absolute atomic E-state index is 13.0. The lowest BCUT2D eigenvalue weighted by molar-refractivity contribution is 0.309. The summed E-state index contributed by atoms with van der Waals surface area (Å²) in [7, 11) is -3.44. The Morgan fingerprint density at radius 2 is 1.90 bits per heavy atom. The van der Waals surface area contributed by atoms with Crippen LogP contribution < -0.4 is 10.6 Å². The third-order valence-electron chi connectivity index (χ3n) is 6.20. The van der Waals surface area contributed by atoms with Gasteiger partial charge in [-0.1, -0.05) is 18.2 Å². The molecular formula is C22H26N4O2S. The number of nitrogens with two attached hydrogens (primary N) is 1. The number of anilines is 1. The number of nitrogens with one attached hydrogen (secondary N) is 1. The first kappa shape index (κ1) is 18.7. The van der Waals surface area contributed by atoms with Crippen molar-refractivity contribution in [1.82, 2.24) is 9.29 Å². The van der Waals surface area contributed by atoms with Crippen molar-refractivity contribution >= 4 is 26.6 Å². The lowest BCUT2D eigenvalue weighted by atomic mass is 10.1. The van der Waals surface area contributed by atoms with Gasteiger partial charge in [-0.25, -0.2) is 8.42 Å². The number of benzene rings is 2. The Labute approximate surface area is 171 Å². The largest absolute Gasteiger partial charge is 0.371 e. The zero-order valence-electron chi connectivity index (χ0n) is 16.3. The third kappa shape index (κ3) is 3.23. The van der Waals surface area contributed by atoms with E-state index in [1.165, 1.54) is 0 Å². The van der Waals surface area contributed by atoms with Crippen molar-refractivity contribution in [1.29, 1.82) is 0 Å². The van der Waals surface area contributed by atoms with Crippen LogP contribution >= 0.6 is 0 Å². The van der Waals surface area contributed by atoms with E-state index in [4.69, 9.17) is 5.73 Å². The van der Waals surface area contributed by atoms with Crippen LogP contribution in [-0.2, 0) is 10.0 Å². The number of para-hydroxylation sites is 1. The molecule has 2 aromatic carbocycles. The van der Waals surface area contributed by atoms with Crippen LogP contribution in [0.1, 0.15) is 12.8 Å². The molecule has 7 heteroatoms. The summed E-state index contributed by atoms with van der Waals surface area (Å²) in [6, 6.07) is 15.8. The fourth-order valence-corrected chi connectivity index (χ4v) is 5.85. The van der Waals surface area contributed by atoms with Gasteiger partial charge in [0.1, 0.15) is 0 Å². The number of sulfonamides is 1. The number of fused-ring (bicyclic) bond motifs is 1. The monoisotopic (exact) mass is 410 g/mol.